The van der Waals surface area contributed by atoms with Crippen molar-refractivity contribution in [2.75, 3.05) is 18.4 Å². The van der Waals surface area contributed by atoms with Crippen LogP contribution in [-0.2, 0) is 0 Å². The Kier molecular flexibility index (Phi) is 4.23. The van der Waals surface area contributed by atoms with E-state index in [1.54, 1.807) is 35.8 Å². The van der Waals surface area contributed by atoms with Gasteiger partial charge in [0.15, 0.2) is 5.65 Å². The minimum Gasteiger partial charge on any atom is -0.472 e. The van der Waals surface area contributed by atoms with Gasteiger partial charge in [0.1, 0.15) is 23.4 Å². The smallest absolute Gasteiger partial charge is 0.321 e. The van der Waals surface area contributed by atoms with Crippen molar-refractivity contribution in [2.45, 2.75) is 12.5 Å². The van der Waals surface area contributed by atoms with Gasteiger partial charge in [0.25, 0.3) is 0 Å². The lowest BCUT2D eigenvalue weighted by Crippen LogP contribution is -2.33. The first kappa shape index (κ1) is 17.4. The van der Waals surface area contributed by atoms with Crippen LogP contribution in [0.2, 0.25) is 0 Å². The van der Waals surface area contributed by atoms with Crippen LogP contribution in [0.15, 0.2) is 65.6 Å². The first-order valence-corrected chi connectivity index (χ1v) is 9.36. The number of pyridine rings is 1. The monoisotopic (exact) mass is 391 g/mol. The molecule has 1 aromatic carbocycles. The molecule has 5 rings (SSSR count). The van der Waals surface area contributed by atoms with Crippen molar-refractivity contribution < 1.29 is 13.6 Å². The molecule has 0 spiro atoms. The highest BCUT2D eigenvalue weighted by molar-refractivity contribution is 5.89. The number of carbonyl (C=O) groups excluding carboxylic acids is 1. The predicted molar refractivity (Wildman–Crippen MR) is 106 cm³/mol. The highest BCUT2D eigenvalue weighted by atomic mass is 19.1. The maximum Gasteiger partial charge on any atom is 0.321 e. The number of benzene rings is 1. The molecular weight excluding hydrogens is 373 g/mol. The highest BCUT2D eigenvalue weighted by Gasteiger charge is 2.31. The summed E-state index contributed by atoms with van der Waals surface area (Å²) in [5.74, 6) is 0.439. The fourth-order valence-corrected chi connectivity index (χ4v) is 3.74. The van der Waals surface area contributed by atoms with E-state index < -0.39 is 0 Å². The normalized spacial score (nSPS) is 16.4. The number of hydrogen-bond donors (Lipinski definition) is 1. The number of amides is 2. The van der Waals surface area contributed by atoms with E-state index in [0.29, 0.717) is 18.8 Å². The Balaban J connectivity index is 1.41. The van der Waals surface area contributed by atoms with Crippen LogP contribution in [0.3, 0.4) is 0 Å². The molecule has 0 unspecified atom stereocenters. The van der Waals surface area contributed by atoms with Gasteiger partial charge in [0.05, 0.1) is 17.9 Å². The van der Waals surface area contributed by atoms with Crippen LogP contribution in [0, 0.1) is 5.82 Å². The molecule has 4 heterocycles. The van der Waals surface area contributed by atoms with Gasteiger partial charge in [-0.25, -0.2) is 19.2 Å². The SMILES string of the molecule is O=C(Nc1ccc(F)cc1)N1CC[C@@H](n2c(-c3ccoc3)nc3cccnc32)C1. The Morgan fingerprint density at radius 3 is 2.86 bits per heavy atom. The van der Waals surface area contributed by atoms with Gasteiger partial charge < -0.3 is 19.2 Å². The third-order valence-electron chi connectivity index (χ3n) is 5.14. The Morgan fingerprint density at radius 1 is 1.21 bits per heavy atom. The van der Waals surface area contributed by atoms with Gasteiger partial charge in [-0.3, -0.25) is 0 Å². The van der Waals surface area contributed by atoms with Gasteiger partial charge in [0, 0.05) is 25.0 Å². The molecule has 1 fully saturated rings. The number of nitrogens with one attached hydrogen (secondary N) is 1. The standard InChI is InChI=1S/C21H18FN5O2/c22-15-3-5-16(6-4-15)24-21(28)26-10-7-17(12-26)27-19(14-8-11-29-13-14)25-18-2-1-9-23-20(18)27/h1-6,8-9,11,13,17H,7,10,12H2,(H,24,28)/t17-/m1/s1. The Hall–Kier alpha value is -3.68. The number of aromatic nitrogens is 3. The number of imidazole rings is 1. The van der Waals surface area contributed by atoms with Crippen LogP contribution < -0.4 is 5.32 Å². The number of nitrogens with zero attached hydrogens (tertiary/aromatic N) is 4. The summed E-state index contributed by atoms with van der Waals surface area (Å²) in [6.07, 6.45) is 5.80. The van der Waals surface area contributed by atoms with E-state index in [0.717, 1.165) is 29.0 Å². The third kappa shape index (κ3) is 3.22. The van der Waals surface area contributed by atoms with Crippen molar-refractivity contribution in [3.63, 3.8) is 0 Å². The number of rotatable bonds is 3. The molecule has 0 radical (unpaired) electrons. The second kappa shape index (κ2) is 7.05. The molecule has 1 aliphatic rings. The van der Waals surface area contributed by atoms with Crippen molar-refractivity contribution in [3.05, 3.63) is 67.0 Å². The molecule has 7 nitrogen and oxygen atoms in total. The van der Waals surface area contributed by atoms with Gasteiger partial charge >= 0.3 is 6.03 Å². The molecule has 2 amide bonds. The minimum atomic E-state index is -0.338. The zero-order valence-corrected chi connectivity index (χ0v) is 15.5. The zero-order valence-electron chi connectivity index (χ0n) is 15.5. The van der Waals surface area contributed by atoms with Gasteiger partial charge in [-0.05, 0) is 48.9 Å². The number of furan rings is 1. The van der Waals surface area contributed by atoms with Gasteiger partial charge in [-0.1, -0.05) is 0 Å². The van der Waals surface area contributed by atoms with Crippen LogP contribution >= 0.6 is 0 Å². The molecule has 8 heteroatoms. The number of carbonyl (C=O) groups is 1. The lowest BCUT2D eigenvalue weighted by molar-refractivity contribution is 0.221. The van der Waals surface area contributed by atoms with Gasteiger partial charge in [-0.15, -0.1) is 0 Å². The molecule has 1 atom stereocenters. The largest absolute Gasteiger partial charge is 0.472 e. The Bertz CT molecular complexity index is 1150. The Labute approximate surface area is 165 Å². The summed E-state index contributed by atoms with van der Waals surface area (Å²) < 4.78 is 20.4. The van der Waals surface area contributed by atoms with Crippen molar-refractivity contribution in [2.24, 2.45) is 0 Å². The number of urea groups is 1. The zero-order chi connectivity index (χ0) is 19.8. The van der Waals surface area contributed by atoms with Crippen LogP contribution in [0.5, 0.6) is 0 Å². The summed E-state index contributed by atoms with van der Waals surface area (Å²) in [6, 6.07) is 11.2. The van der Waals surface area contributed by atoms with Crippen molar-refractivity contribution >= 4 is 22.9 Å². The summed E-state index contributed by atoms with van der Waals surface area (Å²) in [6.45, 7) is 1.13. The molecule has 4 aromatic rings. The predicted octanol–water partition coefficient (Wildman–Crippen LogP) is 4.31. The summed E-state index contributed by atoms with van der Waals surface area (Å²) in [7, 11) is 0. The second-order valence-corrected chi connectivity index (χ2v) is 6.99. The first-order valence-electron chi connectivity index (χ1n) is 9.36. The molecule has 146 valence electrons. The maximum atomic E-state index is 13.1. The topological polar surface area (TPSA) is 76.2 Å². The van der Waals surface area contributed by atoms with E-state index in [1.807, 2.05) is 18.2 Å². The van der Waals surface area contributed by atoms with Crippen molar-refractivity contribution in [1.29, 1.82) is 0 Å². The van der Waals surface area contributed by atoms with E-state index in [1.165, 1.54) is 12.1 Å². The lowest BCUT2D eigenvalue weighted by Gasteiger charge is -2.19. The number of halogens is 1. The quantitative estimate of drug-likeness (QED) is 0.565. The number of hydrogen-bond acceptors (Lipinski definition) is 4. The third-order valence-corrected chi connectivity index (χ3v) is 5.14. The molecule has 29 heavy (non-hydrogen) atoms. The second-order valence-electron chi connectivity index (χ2n) is 6.99. The van der Waals surface area contributed by atoms with E-state index >= 15 is 0 Å². The fraction of sp³-hybridized carbons (Fsp3) is 0.190. The average Bonchev–Trinajstić information content (AvgIpc) is 3.48. The van der Waals surface area contributed by atoms with Gasteiger partial charge in [0.2, 0.25) is 0 Å². The van der Waals surface area contributed by atoms with Crippen LogP contribution in [0.1, 0.15) is 12.5 Å². The van der Waals surface area contributed by atoms with Gasteiger partial charge in [-0.2, -0.15) is 0 Å². The van der Waals surface area contributed by atoms with E-state index in [4.69, 9.17) is 9.40 Å². The summed E-state index contributed by atoms with van der Waals surface area (Å²) in [5, 5.41) is 2.82. The van der Waals surface area contributed by atoms with Crippen molar-refractivity contribution in [3.8, 4) is 11.4 Å². The summed E-state index contributed by atoms with van der Waals surface area (Å²) in [4.78, 5) is 23.7. The molecular formula is C21H18FN5O2. The fourth-order valence-electron chi connectivity index (χ4n) is 3.74. The van der Waals surface area contributed by atoms with Crippen LogP contribution in [-0.4, -0.2) is 38.6 Å². The van der Waals surface area contributed by atoms with Crippen molar-refractivity contribution in [1.82, 2.24) is 19.4 Å². The summed E-state index contributed by atoms with van der Waals surface area (Å²) >= 11 is 0. The molecule has 0 saturated carbocycles. The average molecular weight is 391 g/mol. The minimum absolute atomic E-state index is 0.0405. The molecule has 1 N–H and O–H groups in total. The van der Waals surface area contributed by atoms with Crippen LogP contribution in [0.4, 0.5) is 14.9 Å². The first-order chi connectivity index (χ1) is 14.2. The Morgan fingerprint density at radius 2 is 2.07 bits per heavy atom. The van der Waals surface area contributed by atoms with Crippen LogP contribution in [0.25, 0.3) is 22.6 Å². The number of anilines is 1. The molecule has 0 aliphatic carbocycles. The van der Waals surface area contributed by atoms with E-state index in [2.05, 4.69) is 14.9 Å². The highest BCUT2D eigenvalue weighted by Crippen LogP contribution is 2.32. The number of likely N-dealkylation sites (tertiary alicyclic amines) is 1. The molecule has 1 aliphatic heterocycles. The molecule has 0 bridgehead atoms. The number of fused-ring (bicyclic) bond motifs is 1. The molecule has 3 aromatic heterocycles. The summed E-state index contributed by atoms with van der Waals surface area (Å²) in [5.41, 5.74) is 3.03. The van der Waals surface area contributed by atoms with E-state index in [9.17, 15) is 9.18 Å². The van der Waals surface area contributed by atoms with E-state index in [-0.39, 0.29) is 17.9 Å². The maximum absolute atomic E-state index is 13.1. The molecule has 1 saturated heterocycles. The lowest BCUT2D eigenvalue weighted by atomic mass is 10.2.